The first-order chi connectivity index (χ1) is 17.5. The molecule has 190 valence electrons. The number of ether oxygens (including phenoxy) is 3. The third-order valence-corrected chi connectivity index (χ3v) is 5.25. The van der Waals surface area contributed by atoms with E-state index in [1.165, 1.54) is 11.2 Å². The zero-order valence-electron chi connectivity index (χ0n) is 20.3. The summed E-state index contributed by atoms with van der Waals surface area (Å²) in [5, 5.41) is 2.64. The number of nitrogens with one attached hydrogen (secondary N) is 2. The highest BCUT2D eigenvalue weighted by Crippen LogP contribution is 2.15. The molecule has 10 nitrogen and oxygen atoms in total. The van der Waals surface area contributed by atoms with Gasteiger partial charge in [0.05, 0.1) is 20.0 Å². The predicted molar refractivity (Wildman–Crippen MR) is 131 cm³/mol. The third kappa shape index (κ3) is 8.15. The number of aromatic nitrogens is 2. The van der Waals surface area contributed by atoms with Crippen LogP contribution >= 0.6 is 0 Å². The molecule has 2 N–H and O–H groups in total. The summed E-state index contributed by atoms with van der Waals surface area (Å²) in [4.78, 5) is 46.8. The first-order valence-electron chi connectivity index (χ1n) is 11.5. The largest absolute Gasteiger partial charge is 0.497 e. The molecule has 3 aromatic rings. The quantitative estimate of drug-likeness (QED) is 0.371. The van der Waals surface area contributed by atoms with Crippen molar-refractivity contribution >= 4 is 18.0 Å². The van der Waals surface area contributed by atoms with Crippen LogP contribution in [0.25, 0.3) is 0 Å². The molecule has 36 heavy (non-hydrogen) atoms. The van der Waals surface area contributed by atoms with Gasteiger partial charge in [0.1, 0.15) is 24.9 Å². The number of aromatic amines is 1. The maximum Gasteiger partial charge on any atom is 0.408 e. The Morgan fingerprint density at radius 2 is 1.78 bits per heavy atom. The lowest BCUT2D eigenvalue weighted by Gasteiger charge is -2.27. The number of hydrogen-bond donors (Lipinski definition) is 2. The number of H-pyrrole nitrogens is 1. The van der Waals surface area contributed by atoms with E-state index in [-0.39, 0.29) is 32.7 Å². The normalized spacial score (nSPS) is 11.3. The van der Waals surface area contributed by atoms with Gasteiger partial charge in [-0.2, -0.15) is 0 Å². The molecule has 0 unspecified atom stereocenters. The zero-order chi connectivity index (χ0) is 25.8. The van der Waals surface area contributed by atoms with E-state index in [0.717, 1.165) is 11.1 Å². The van der Waals surface area contributed by atoms with Crippen molar-refractivity contribution in [3.63, 3.8) is 0 Å². The van der Waals surface area contributed by atoms with Crippen molar-refractivity contribution in [2.45, 2.75) is 32.5 Å². The van der Waals surface area contributed by atoms with Crippen LogP contribution in [0.4, 0.5) is 4.79 Å². The third-order valence-electron chi connectivity index (χ3n) is 5.25. The van der Waals surface area contributed by atoms with Gasteiger partial charge in [-0.15, -0.1) is 0 Å². The topological polar surface area (TPSA) is 123 Å². The van der Waals surface area contributed by atoms with E-state index < -0.39 is 24.0 Å². The molecule has 1 atom stereocenters. The molecule has 3 rings (SSSR count). The molecule has 0 saturated carbocycles. The molecule has 0 fully saturated rings. The number of carbonyl (C=O) groups excluding carboxylic acids is 3. The maximum atomic E-state index is 13.6. The number of hydrogen-bond acceptors (Lipinski definition) is 7. The predicted octanol–water partition coefficient (Wildman–Crippen LogP) is 2.85. The Labute approximate surface area is 209 Å². The van der Waals surface area contributed by atoms with Gasteiger partial charge < -0.3 is 29.4 Å². The summed E-state index contributed by atoms with van der Waals surface area (Å²) in [7, 11) is 1.56. The number of rotatable bonds is 12. The summed E-state index contributed by atoms with van der Waals surface area (Å²) in [6.45, 7) is 1.78. The molecule has 2 aromatic carbocycles. The molecule has 0 saturated heterocycles. The second kappa shape index (κ2) is 13.5. The minimum Gasteiger partial charge on any atom is -0.497 e. The van der Waals surface area contributed by atoms with Crippen molar-refractivity contribution in [1.29, 1.82) is 0 Å². The van der Waals surface area contributed by atoms with Crippen LogP contribution in [-0.4, -0.2) is 59.1 Å². The number of methoxy groups -OCH3 is 1. The van der Waals surface area contributed by atoms with E-state index in [0.29, 0.717) is 11.4 Å². The standard InChI is InChI=1S/C26H30N4O6/c1-3-35-24(31)16-30(15-19-9-11-22(34-2)12-10-19)25(32)23(13-21-14-27-18-28-21)29-26(33)36-17-20-7-5-4-6-8-20/h4-12,14,18,23H,3,13,15-17H2,1-2H3,(H,27,28)(H,29,33)/t23-/m0/s1. The summed E-state index contributed by atoms with van der Waals surface area (Å²) >= 11 is 0. The number of imidazole rings is 1. The summed E-state index contributed by atoms with van der Waals surface area (Å²) in [5.74, 6) is -0.349. The number of benzene rings is 2. The molecule has 0 bridgehead atoms. The second-order valence-electron chi connectivity index (χ2n) is 7.89. The number of amides is 2. The molecular weight excluding hydrogens is 464 g/mol. The van der Waals surface area contributed by atoms with Crippen LogP contribution < -0.4 is 10.1 Å². The minimum absolute atomic E-state index is 0.0516. The molecular formula is C26H30N4O6. The van der Waals surface area contributed by atoms with Crippen molar-refractivity contribution in [1.82, 2.24) is 20.2 Å². The highest BCUT2D eigenvalue weighted by molar-refractivity contribution is 5.88. The van der Waals surface area contributed by atoms with Gasteiger partial charge in [0.25, 0.3) is 0 Å². The first kappa shape index (κ1) is 26.3. The first-order valence-corrected chi connectivity index (χ1v) is 11.5. The number of nitrogens with zero attached hydrogens (tertiary/aromatic N) is 2. The monoisotopic (exact) mass is 494 g/mol. The average Bonchev–Trinajstić information content (AvgIpc) is 3.41. The fourth-order valence-electron chi connectivity index (χ4n) is 3.47. The van der Waals surface area contributed by atoms with Crippen LogP contribution in [0.2, 0.25) is 0 Å². The van der Waals surface area contributed by atoms with Gasteiger partial charge >= 0.3 is 12.1 Å². The van der Waals surface area contributed by atoms with Crippen molar-refractivity contribution in [2.24, 2.45) is 0 Å². The van der Waals surface area contributed by atoms with Gasteiger partial charge in [0.15, 0.2) is 0 Å². The van der Waals surface area contributed by atoms with Gasteiger partial charge in [-0.25, -0.2) is 9.78 Å². The number of alkyl carbamates (subject to hydrolysis) is 1. The summed E-state index contributed by atoms with van der Waals surface area (Å²) in [6.07, 6.45) is 2.42. The van der Waals surface area contributed by atoms with Crippen LogP contribution in [0.1, 0.15) is 23.7 Å². The Bertz CT molecular complexity index is 1100. The van der Waals surface area contributed by atoms with Crippen LogP contribution in [0, 0.1) is 0 Å². The smallest absolute Gasteiger partial charge is 0.408 e. The maximum absolute atomic E-state index is 13.6. The molecule has 0 aliphatic heterocycles. The van der Waals surface area contributed by atoms with Crippen LogP contribution in [0.15, 0.2) is 67.1 Å². The van der Waals surface area contributed by atoms with Crippen molar-refractivity contribution < 1.29 is 28.6 Å². The fraction of sp³-hybridized carbons (Fsp3) is 0.308. The molecule has 1 heterocycles. The Morgan fingerprint density at radius 3 is 2.42 bits per heavy atom. The Morgan fingerprint density at radius 1 is 1.03 bits per heavy atom. The molecule has 0 radical (unpaired) electrons. The SMILES string of the molecule is CCOC(=O)CN(Cc1ccc(OC)cc1)C(=O)[C@H](Cc1cnc[nH]1)NC(=O)OCc1ccccc1. The summed E-state index contributed by atoms with van der Waals surface area (Å²) in [5.41, 5.74) is 2.23. The van der Waals surface area contributed by atoms with E-state index in [4.69, 9.17) is 14.2 Å². The van der Waals surface area contributed by atoms with Gasteiger partial charge in [-0.05, 0) is 30.2 Å². The Kier molecular flexibility index (Phi) is 9.87. The van der Waals surface area contributed by atoms with Crippen LogP contribution in [0.3, 0.4) is 0 Å². The second-order valence-corrected chi connectivity index (χ2v) is 7.89. The molecule has 1 aromatic heterocycles. The van der Waals surface area contributed by atoms with Crippen LogP contribution in [-0.2, 0) is 38.6 Å². The fourth-order valence-corrected chi connectivity index (χ4v) is 3.47. The van der Waals surface area contributed by atoms with Crippen molar-refractivity contribution in [3.05, 3.63) is 83.9 Å². The van der Waals surface area contributed by atoms with E-state index >= 15 is 0 Å². The Hall–Kier alpha value is -4.34. The molecule has 2 amide bonds. The molecule has 0 spiro atoms. The number of esters is 1. The van der Waals surface area contributed by atoms with Gasteiger partial charge in [0, 0.05) is 24.9 Å². The molecule has 0 aliphatic rings. The van der Waals surface area contributed by atoms with E-state index in [1.54, 1.807) is 44.5 Å². The van der Waals surface area contributed by atoms with Gasteiger partial charge in [-0.3, -0.25) is 9.59 Å². The molecule has 0 aliphatic carbocycles. The summed E-state index contributed by atoms with van der Waals surface area (Å²) < 4.78 is 15.6. The van der Waals surface area contributed by atoms with E-state index in [2.05, 4.69) is 15.3 Å². The lowest BCUT2D eigenvalue weighted by molar-refractivity contribution is -0.150. The lowest BCUT2D eigenvalue weighted by atomic mass is 10.1. The van der Waals surface area contributed by atoms with Gasteiger partial charge in [0.2, 0.25) is 5.91 Å². The minimum atomic E-state index is -1.01. The summed E-state index contributed by atoms with van der Waals surface area (Å²) in [6, 6.07) is 15.3. The van der Waals surface area contributed by atoms with E-state index in [9.17, 15) is 14.4 Å². The Balaban J connectivity index is 1.77. The number of carbonyl (C=O) groups is 3. The zero-order valence-corrected chi connectivity index (χ0v) is 20.3. The van der Waals surface area contributed by atoms with Crippen LogP contribution in [0.5, 0.6) is 5.75 Å². The van der Waals surface area contributed by atoms with Gasteiger partial charge in [-0.1, -0.05) is 42.5 Å². The van der Waals surface area contributed by atoms with Crippen molar-refractivity contribution in [3.8, 4) is 5.75 Å². The lowest BCUT2D eigenvalue weighted by Crippen LogP contribution is -2.51. The highest BCUT2D eigenvalue weighted by atomic mass is 16.5. The van der Waals surface area contributed by atoms with Crippen molar-refractivity contribution in [2.75, 3.05) is 20.3 Å². The highest BCUT2D eigenvalue weighted by Gasteiger charge is 2.29. The van der Waals surface area contributed by atoms with E-state index in [1.807, 2.05) is 30.3 Å². The molecule has 10 heteroatoms. The average molecular weight is 495 g/mol.